The number of hydrogen-bond donors (Lipinski definition) is 0. The van der Waals surface area contributed by atoms with Crippen molar-refractivity contribution in [2.45, 2.75) is 13.0 Å². The van der Waals surface area contributed by atoms with Crippen molar-refractivity contribution in [2.24, 2.45) is 0 Å². The molecular formula is C18H13Cl2FO3. The molecule has 0 amide bonds. The molecular weight excluding hydrogens is 354 g/mol. The fraction of sp³-hybridized carbons (Fsp3) is 0.111. The van der Waals surface area contributed by atoms with Crippen molar-refractivity contribution in [3.63, 3.8) is 0 Å². The minimum absolute atomic E-state index is 0.0740. The maximum Gasteiger partial charge on any atom is 0.331 e. The van der Waals surface area contributed by atoms with Gasteiger partial charge in [-0.05, 0) is 37.3 Å². The summed E-state index contributed by atoms with van der Waals surface area (Å²) in [4.78, 5) is 24.0. The molecule has 2 aromatic rings. The third-order valence-corrected chi connectivity index (χ3v) is 3.72. The van der Waals surface area contributed by atoms with Gasteiger partial charge in [-0.15, -0.1) is 0 Å². The van der Waals surface area contributed by atoms with E-state index < -0.39 is 17.9 Å². The Morgan fingerprint density at radius 1 is 1.17 bits per heavy atom. The number of benzene rings is 2. The molecule has 24 heavy (non-hydrogen) atoms. The number of halogens is 3. The van der Waals surface area contributed by atoms with Crippen LogP contribution < -0.4 is 0 Å². The molecule has 0 aliphatic heterocycles. The summed E-state index contributed by atoms with van der Waals surface area (Å²) in [6.45, 7) is 1.45. The van der Waals surface area contributed by atoms with E-state index in [4.69, 9.17) is 27.9 Å². The van der Waals surface area contributed by atoms with E-state index in [2.05, 4.69) is 0 Å². The Labute approximate surface area is 148 Å². The van der Waals surface area contributed by atoms with E-state index in [1.165, 1.54) is 37.3 Å². The van der Waals surface area contributed by atoms with Crippen LogP contribution in [-0.2, 0) is 9.53 Å². The number of ether oxygens (including phenoxy) is 1. The van der Waals surface area contributed by atoms with E-state index in [9.17, 15) is 14.0 Å². The molecule has 0 N–H and O–H groups in total. The van der Waals surface area contributed by atoms with Crippen LogP contribution in [0.3, 0.4) is 0 Å². The van der Waals surface area contributed by atoms with E-state index >= 15 is 0 Å². The third-order valence-electron chi connectivity index (χ3n) is 3.16. The standard InChI is InChI=1S/C18H13Cl2FO3/c1-11(18(23)12-4-2-5-13(19)10-12)24-17(22)9-8-14-15(20)6-3-7-16(14)21/h2-11H,1H3/b9-8+. The first-order chi connectivity index (χ1) is 11.4. The SMILES string of the molecule is CC(OC(=O)/C=C/c1c(F)cccc1Cl)C(=O)c1cccc(Cl)c1. The first-order valence-corrected chi connectivity index (χ1v) is 7.76. The lowest BCUT2D eigenvalue weighted by Crippen LogP contribution is -2.23. The molecule has 2 aromatic carbocycles. The van der Waals surface area contributed by atoms with Gasteiger partial charge >= 0.3 is 5.97 Å². The quantitative estimate of drug-likeness (QED) is 0.426. The summed E-state index contributed by atoms with van der Waals surface area (Å²) in [5.41, 5.74) is 0.411. The smallest absolute Gasteiger partial charge is 0.331 e. The molecule has 0 aliphatic carbocycles. The molecule has 0 aliphatic rings. The molecule has 0 fully saturated rings. The normalized spacial score (nSPS) is 12.2. The van der Waals surface area contributed by atoms with Crippen molar-refractivity contribution in [1.29, 1.82) is 0 Å². The minimum Gasteiger partial charge on any atom is -0.451 e. The molecule has 1 unspecified atom stereocenters. The topological polar surface area (TPSA) is 43.4 Å². The minimum atomic E-state index is -1.00. The predicted molar refractivity (Wildman–Crippen MR) is 91.8 cm³/mol. The Morgan fingerprint density at radius 2 is 1.88 bits per heavy atom. The van der Waals surface area contributed by atoms with E-state index in [0.717, 1.165) is 6.08 Å². The second kappa shape index (κ2) is 8.08. The largest absolute Gasteiger partial charge is 0.451 e. The van der Waals surface area contributed by atoms with Gasteiger partial charge in [0.1, 0.15) is 5.82 Å². The zero-order valence-corrected chi connectivity index (χ0v) is 14.1. The van der Waals surface area contributed by atoms with Gasteiger partial charge in [0.15, 0.2) is 6.10 Å². The Kier molecular flexibility index (Phi) is 6.12. The molecule has 1 atom stereocenters. The molecule has 0 bridgehead atoms. The van der Waals surface area contributed by atoms with E-state index in [-0.39, 0.29) is 16.4 Å². The maximum atomic E-state index is 13.6. The third kappa shape index (κ3) is 4.66. The van der Waals surface area contributed by atoms with Crippen molar-refractivity contribution in [1.82, 2.24) is 0 Å². The Bertz CT molecular complexity index is 782. The van der Waals surface area contributed by atoms with Crippen LogP contribution in [-0.4, -0.2) is 17.9 Å². The lowest BCUT2D eigenvalue weighted by molar-refractivity contribution is -0.140. The molecule has 124 valence electrons. The van der Waals surface area contributed by atoms with E-state index in [0.29, 0.717) is 10.6 Å². The van der Waals surface area contributed by atoms with Crippen LogP contribution >= 0.6 is 23.2 Å². The summed E-state index contributed by atoms with van der Waals surface area (Å²) in [5, 5.41) is 0.579. The van der Waals surface area contributed by atoms with Crippen LogP contribution in [0.1, 0.15) is 22.8 Å². The second-order valence-electron chi connectivity index (χ2n) is 4.92. The van der Waals surface area contributed by atoms with Crippen LogP contribution in [0.2, 0.25) is 10.0 Å². The van der Waals surface area contributed by atoms with E-state index in [1.54, 1.807) is 18.2 Å². The van der Waals surface area contributed by atoms with Crippen molar-refractivity contribution in [2.75, 3.05) is 0 Å². The maximum absolute atomic E-state index is 13.6. The van der Waals surface area contributed by atoms with Gasteiger partial charge < -0.3 is 4.74 Å². The van der Waals surface area contributed by atoms with Crippen molar-refractivity contribution in [3.05, 3.63) is 75.5 Å². The zero-order chi connectivity index (χ0) is 17.7. The van der Waals surface area contributed by atoms with Crippen LogP contribution in [0.4, 0.5) is 4.39 Å². The first kappa shape index (κ1) is 18.2. The number of Topliss-reactive ketones (excluding diaryl/α,β-unsaturated/α-hetero) is 1. The fourth-order valence-corrected chi connectivity index (χ4v) is 2.38. The monoisotopic (exact) mass is 366 g/mol. The first-order valence-electron chi connectivity index (χ1n) is 7.01. The van der Waals surface area contributed by atoms with Gasteiger partial charge in [-0.3, -0.25) is 4.79 Å². The van der Waals surface area contributed by atoms with E-state index in [1.807, 2.05) is 0 Å². The van der Waals surface area contributed by atoms with Gasteiger partial charge in [0, 0.05) is 22.2 Å². The summed E-state index contributed by atoms with van der Waals surface area (Å²) >= 11 is 11.7. The highest BCUT2D eigenvalue weighted by Crippen LogP contribution is 2.20. The van der Waals surface area contributed by atoms with Crippen molar-refractivity contribution >= 4 is 41.0 Å². The Balaban J connectivity index is 2.04. The molecule has 3 nitrogen and oxygen atoms in total. The summed E-state index contributed by atoms with van der Waals surface area (Å²) in [6, 6.07) is 10.5. The molecule has 0 heterocycles. The highest BCUT2D eigenvalue weighted by molar-refractivity contribution is 6.32. The van der Waals surface area contributed by atoms with Gasteiger partial charge in [-0.2, -0.15) is 0 Å². The van der Waals surface area contributed by atoms with Gasteiger partial charge in [0.05, 0.1) is 5.02 Å². The molecule has 0 radical (unpaired) electrons. The summed E-state index contributed by atoms with van der Waals surface area (Å²) in [5.74, 6) is -1.73. The number of esters is 1. The fourth-order valence-electron chi connectivity index (χ4n) is 1.96. The van der Waals surface area contributed by atoms with Gasteiger partial charge in [0.2, 0.25) is 5.78 Å². The summed E-state index contributed by atoms with van der Waals surface area (Å²) in [6.07, 6.45) is 1.22. The molecule has 6 heteroatoms. The number of rotatable bonds is 5. The lowest BCUT2D eigenvalue weighted by Gasteiger charge is -2.11. The number of ketones is 1. The Morgan fingerprint density at radius 3 is 2.54 bits per heavy atom. The molecule has 0 aromatic heterocycles. The number of hydrogen-bond acceptors (Lipinski definition) is 3. The average molecular weight is 367 g/mol. The molecule has 0 saturated carbocycles. The number of carbonyl (C=O) groups is 2. The second-order valence-corrected chi connectivity index (χ2v) is 5.77. The highest BCUT2D eigenvalue weighted by atomic mass is 35.5. The number of carbonyl (C=O) groups excluding carboxylic acids is 2. The van der Waals surface area contributed by atoms with Gasteiger partial charge in [-0.1, -0.05) is 41.4 Å². The van der Waals surface area contributed by atoms with Crippen LogP contribution in [0.25, 0.3) is 6.08 Å². The van der Waals surface area contributed by atoms with Crippen LogP contribution in [0.15, 0.2) is 48.5 Å². The van der Waals surface area contributed by atoms with Gasteiger partial charge in [0.25, 0.3) is 0 Å². The van der Waals surface area contributed by atoms with Gasteiger partial charge in [-0.25, -0.2) is 9.18 Å². The molecule has 0 spiro atoms. The molecule has 0 saturated heterocycles. The van der Waals surface area contributed by atoms with Crippen LogP contribution in [0.5, 0.6) is 0 Å². The van der Waals surface area contributed by atoms with Crippen LogP contribution in [0, 0.1) is 5.82 Å². The lowest BCUT2D eigenvalue weighted by atomic mass is 10.1. The highest BCUT2D eigenvalue weighted by Gasteiger charge is 2.18. The predicted octanol–water partition coefficient (Wildman–Crippen LogP) is 4.96. The summed E-state index contributed by atoms with van der Waals surface area (Å²) in [7, 11) is 0. The summed E-state index contributed by atoms with van der Waals surface area (Å²) < 4.78 is 18.6. The zero-order valence-electron chi connectivity index (χ0n) is 12.6. The average Bonchev–Trinajstić information content (AvgIpc) is 2.53. The molecule has 2 rings (SSSR count). The van der Waals surface area contributed by atoms with Crippen molar-refractivity contribution in [3.8, 4) is 0 Å². The Hall–Kier alpha value is -2.17. The van der Waals surface area contributed by atoms with Crippen molar-refractivity contribution < 1.29 is 18.7 Å².